The van der Waals surface area contributed by atoms with Crippen molar-refractivity contribution in [3.63, 3.8) is 0 Å². The van der Waals surface area contributed by atoms with Crippen LogP contribution in [0.25, 0.3) is 0 Å². The Morgan fingerprint density at radius 1 is 1.46 bits per heavy atom. The Hall–Kier alpha value is -0.570. The van der Waals surface area contributed by atoms with E-state index in [1.165, 1.54) is 39.0 Å². The molecule has 0 aromatic heterocycles. The Morgan fingerprint density at radius 3 is 2.62 bits per heavy atom. The van der Waals surface area contributed by atoms with E-state index in [9.17, 15) is 4.79 Å². The summed E-state index contributed by atoms with van der Waals surface area (Å²) in [5, 5.41) is 0. The summed E-state index contributed by atoms with van der Waals surface area (Å²) in [6.07, 6.45) is 6.89. The van der Waals surface area contributed by atoms with Crippen molar-refractivity contribution < 1.29 is 9.53 Å². The summed E-state index contributed by atoms with van der Waals surface area (Å²) < 4.78 is 4.89. The van der Waals surface area contributed by atoms with E-state index in [-0.39, 0.29) is 12.2 Å². The van der Waals surface area contributed by atoms with Gasteiger partial charge in [0.1, 0.15) is 0 Å². The molecular weight excluding hydrogens is 166 g/mol. The average Bonchev–Trinajstić information content (AvgIpc) is 2.04. The van der Waals surface area contributed by atoms with Gasteiger partial charge in [0.2, 0.25) is 0 Å². The van der Waals surface area contributed by atoms with Crippen molar-refractivity contribution in [2.24, 2.45) is 11.7 Å². The molecule has 1 unspecified atom stereocenters. The highest BCUT2D eigenvalue weighted by Gasteiger charge is 2.17. The summed E-state index contributed by atoms with van der Waals surface area (Å²) in [7, 11) is 0. The van der Waals surface area contributed by atoms with E-state index in [4.69, 9.17) is 10.5 Å². The van der Waals surface area contributed by atoms with E-state index in [2.05, 4.69) is 0 Å². The quantitative estimate of drug-likeness (QED) is 0.539. The minimum absolute atomic E-state index is 0.275. The monoisotopic (exact) mass is 185 g/mol. The third-order valence-corrected chi connectivity index (χ3v) is 2.61. The Labute approximate surface area is 79.6 Å². The highest BCUT2D eigenvalue weighted by molar-refractivity contribution is 5.66. The van der Waals surface area contributed by atoms with Crippen LogP contribution in [0.1, 0.15) is 45.4 Å². The minimum Gasteiger partial charge on any atom is -0.447 e. The largest absolute Gasteiger partial charge is 0.447 e. The molecule has 76 valence electrons. The number of rotatable bonds is 3. The van der Waals surface area contributed by atoms with Gasteiger partial charge in [0.15, 0.2) is 6.23 Å². The van der Waals surface area contributed by atoms with Gasteiger partial charge in [-0.15, -0.1) is 0 Å². The molecule has 0 heterocycles. The van der Waals surface area contributed by atoms with Crippen LogP contribution in [0.4, 0.5) is 0 Å². The molecule has 2 N–H and O–H groups in total. The molecule has 1 fully saturated rings. The predicted molar refractivity (Wildman–Crippen MR) is 50.9 cm³/mol. The zero-order chi connectivity index (χ0) is 9.68. The second-order valence-corrected chi connectivity index (χ2v) is 3.89. The maximum absolute atomic E-state index is 10.6. The third-order valence-electron chi connectivity index (χ3n) is 2.61. The lowest BCUT2D eigenvalue weighted by Crippen LogP contribution is -2.29. The van der Waals surface area contributed by atoms with Gasteiger partial charge in [-0.1, -0.05) is 32.1 Å². The fourth-order valence-electron chi connectivity index (χ4n) is 2.01. The van der Waals surface area contributed by atoms with E-state index in [0.29, 0.717) is 5.92 Å². The Bertz CT molecular complexity index is 164. The van der Waals surface area contributed by atoms with E-state index in [1.54, 1.807) is 0 Å². The fraction of sp³-hybridized carbons (Fsp3) is 0.900. The maximum Gasteiger partial charge on any atom is 0.304 e. The Balaban J connectivity index is 2.18. The minimum atomic E-state index is -0.388. The first kappa shape index (κ1) is 10.5. The van der Waals surface area contributed by atoms with Crippen LogP contribution in [0.2, 0.25) is 0 Å². The highest BCUT2D eigenvalue weighted by atomic mass is 16.5. The van der Waals surface area contributed by atoms with Gasteiger partial charge in [-0.25, -0.2) is 0 Å². The van der Waals surface area contributed by atoms with Crippen molar-refractivity contribution in [2.75, 3.05) is 0 Å². The van der Waals surface area contributed by atoms with Crippen LogP contribution in [0.3, 0.4) is 0 Å². The molecule has 1 rings (SSSR count). The SMILES string of the molecule is CC(=O)OC(N)CC1CCCCC1. The van der Waals surface area contributed by atoms with Gasteiger partial charge in [0.25, 0.3) is 0 Å². The van der Waals surface area contributed by atoms with E-state index in [0.717, 1.165) is 6.42 Å². The molecule has 0 radical (unpaired) electrons. The normalized spacial score (nSPS) is 21.1. The van der Waals surface area contributed by atoms with Crippen molar-refractivity contribution in [3.8, 4) is 0 Å². The lowest BCUT2D eigenvalue weighted by Gasteiger charge is -2.23. The molecule has 0 spiro atoms. The molecule has 13 heavy (non-hydrogen) atoms. The molecule has 0 aromatic carbocycles. The summed E-state index contributed by atoms with van der Waals surface area (Å²) in [5.41, 5.74) is 5.66. The van der Waals surface area contributed by atoms with Gasteiger partial charge >= 0.3 is 5.97 Å². The van der Waals surface area contributed by atoms with Gasteiger partial charge in [-0.3, -0.25) is 10.5 Å². The summed E-state index contributed by atoms with van der Waals surface area (Å²) in [5.74, 6) is 0.395. The number of nitrogens with two attached hydrogens (primary N) is 1. The zero-order valence-electron chi connectivity index (χ0n) is 8.29. The molecule has 1 aliphatic carbocycles. The second kappa shape index (κ2) is 5.22. The molecule has 0 aromatic rings. The smallest absolute Gasteiger partial charge is 0.304 e. The molecule has 3 heteroatoms. The summed E-state index contributed by atoms with van der Waals surface area (Å²) in [6.45, 7) is 1.40. The van der Waals surface area contributed by atoms with Crippen molar-refractivity contribution in [2.45, 2.75) is 51.7 Å². The molecule has 1 saturated carbocycles. The molecular formula is C10H19NO2. The lowest BCUT2D eigenvalue weighted by atomic mass is 9.86. The molecule has 0 bridgehead atoms. The van der Waals surface area contributed by atoms with Crippen LogP contribution in [0.5, 0.6) is 0 Å². The van der Waals surface area contributed by atoms with Gasteiger partial charge in [-0.2, -0.15) is 0 Å². The Morgan fingerprint density at radius 2 is 2.08 bits per heavy atom. The van der Waals surface area contributed by atoms with Crippen LogP contribution in [0.15, 0.2) is 0 Å². The zero-order valence-corrected chi connectivity index (χ0v) is 8.29. The summed E-state index contributed by atoms with van der Waals surface area (Å²) in [4.78, 5) is 10.6. The fourth-order valence-corrected chi connectivity index (χ4v) is 2.01. The van der Waals surface area contributed by atoms with Crippen LogP contribution in [-0.2, 0) is 9.53 Å². The first-order chi connectivity index (χ1) is 6.18. The maximum atomic E-state index is 10.6. The summed E-state index contributed by atoms with van der Waals surface area (Å²) >= 11 is 0. The number of hydrogen-bond donors (Lipinski definition) is 1. The number of ether oxygens (including phenoxy) is 1. The van der Waals surface area contributed by atoms with Crippen molar-refractivity contribution in [1.29, 1.82) is 0 Å². The molecule has 1 aliphatic rings. The lowest BCUT2D eigenvalue weighted by molar-refractivity contribution is -0.146. The topological polar surface area (TPSA) is 52.3 Å². The van der Waals surface area contributed by atoms with Crippen molar-refractivity contribution in [3.05, 3.63) is 0 Å². The molecule has 0 aliphatic heterocycles. The summed E-state index contributed by atoms with van der Waals surface area (Å²) in [6, 6.07) is 0. The average molecular weight is 185 g/mol. The second-order valence-electron chi connectivity index (χ2n) is 3.89. The van der Waals surface area contributed by atoms with E-state index < -0.39 is 0 Å². The third kappa shape index (κ3) is 4.27. The predicted octanol–water partition coefficient (Wildman–Crippen LogP) is 1.80. The highest BCUT2D eigenvalue weighted by Crippen LogP contribution is 2.26. The molecule has 0 amide bonds. The van der Waals surface area contributed by atoms with Gasteiger partial charge in [0.05, 0.1) is 0 Å². The number of hydrogen-bond acceptors (Lipinski definition) is 3. The van der Waals surface area contributed by atoms with E-state index in [1.807, 2.05) is 0 Å². The van der Waals surface area contributed by atoms with Crippen molar-refractivity contribution >= 4 is 5.97 Å². The first-order valence-electron chi connectivity index (χ1n) is 5.11. The van der Waals surface area contributed by atoms with Crippen LogP contribution in [0, 0.1) is 5.92 Å². The van der Waals surface area contributed by atoms with Gasteiger partial charge < -0.3 is 4.74 Å². The van der Waals surface area contributed by atoms with Crippen LogP contribution < -0.4 is 5.73 Å². The standard InChI is InChI=1S/C10H19NO2/c1-8(12)13-10(11)7-9-5-3-2-4-6-9/h9-10H,2-7,11H2,1H3. The van der Waals surface area contributed by atoms with Gasteiger partial charge in [-0.05, 0) is 5.92 Å². The molecule has 0 saturated heterocycles. The molecule has 1 atom stereocenters. The van der Waals surface area contributed by atoms with Crippen molar-refractivity contribution in [1.82, 2.24) is 0 Å². The number of carbonyl (C=O) groups excluding carboxylic acids is 1. The van der Waals surface area contributed by atoms with Gasteiger partial charge in [0, 0.05) is 13.3 Å². The number of carbonyl (C=O) groups is 1. The number of esters is 1. The van der Waals surface area contributed by atoms with E-state index >= 15 is 0 Å². The van der Waals surface area contributed by atoms with Crippen LogP contribution in [-0.4, -0.2) is 12.2 Å². The van der Waals surface area contributed by atoms with Crippen LogP contribution >= 0.6 is 0 Å². The Kier molecular flexibility index (Phi) is 4.22. The first-order valence-corrected chi connectivity index (χ1v) is 5.11. The molecule has 3 nitrogen and oxygen atoms in total.